The van der Waals surface area contributed by atoms with E-state index in [0.717, 1.165) is 36.0 Å². The van der Waals surface area contributed by atoms with Crippen LogP contribution in [0.4, 0.5) is 11.4 Å². The minimum Gasteiger partial charge on any atom is -0.491 e. The van der Waals surface area contributed by atoms with Crippen molar-refractivity contribution >= 4 is 11.4 Å². The lowest BCUT2D eigenvalue weighted by atomic mass is 9.96. The van der Waals surface area contributed by atoms with Gasteiger partial charge in [0.05, 0.1) is 18.0 Å². The van der Waals surface area contributed by atoms with Gasteiger partial charge in [0.25, 0.3) is 0 Å². The lowest BCUT2D eigenvalue weighted by Gasteiger charge is -2.31. The Morgan fingerprint density at radius 3 is 2.71 bits per heavy atom. The number of hydrogen-bond acceptors (Lipinski definition) is 4. The summed E-state index contributed by atoms with van der Waals surface area (Å²) in [6, 6.07) is 5.98. The van der Waals surface area contributed by atoms with E-state index >= 15 is 0 Å². The van der Waals surface area contributed by atoms with E-state index in [-0.39, 0.29) is 0 Å². The molecule has 1 aliphatic rings. The molecule has 21 heavy (non-hydrogen) atoms. The van der Waals surface area contributed by atoms with Gasteiger partial charge in [-0.25, -0.2) is 0 Å². The van der Waals surface area contributed by atoms with Crippen LogP contribution in [0.5, 0.6) is 5.75 Å². The molecular formula is C17H29N3O. The molecule has 2 rings (SSSR count). The van der Waals surface area contributed by atoms with Gasteiger partial charge in [0.15, 0.2) is 0 Å². The van der Waals surface area contributed by atoms with Crippen LogP contribution in [0.15, 0.2) is 18.2 Å². The molecule has 1 fully saturated rings. The van der Waals surface area contributed by atoms with Crippen molar-refractivity contribution in [3.63, 3.8) is 0 Å². The molecule has 0 radical (unpaired) electrons. The smallest absolute Gasteiger partial charge is 0.144 e. The second kappa shape index (κ2) is 8.13. The van der Waals surface area contributed by atoms with E-state index in [4.69, 9.17) is 10.5 Å². The summed E-state index contributed by atoms with van der Waals surface area (Å²) in [5.41, 5.74) is 7.92. The monoisotopic (exact) mass is 291 g/mol. The average Bonchev–Trinajstić information content (AvgIpc) is 2.53. The highest BCUT2D eigenvalue weighted by molar-refractivity contribution is 5.72. The molecule has 0 aliphatic carbocycles. The van der Waals surface area contributed by atoms with Crippen LogP contribution in [0.3, 0.4) is 0 Å². The van der Waals surface area contributed by atoms with Crippen molar-refractivity contribution in [1.82, 2.24) is 4.90 Å². The molecule has 1 aromatic carbocycles. The quantitative estimate of drug-likeness (QED) is 0.758. The van der Waals surface area contributed by atoms with Crippen molar-refractivity contribution in [2.75, 3.05) is 43.8 Å². The number of rotatable bonds is 7. The van der Waals surface area contributed by atoms with Gasteiger partial charge >= 0.3 is 0 Å². The maximum Gasteiger partial charge on any atom is 0.144 e. The molecule has 0 atom stereocenters. The van der Waals surface area contributed by atoms with Crippen LogP contribution >= 0.6 is 0 Å². The molecular weight excluding hydrogens is 262 g/mol. The van der Waals surface area contributed by atoms with Crippen molar-refractivity contribution in [3.8, 4) is 5.75 Å². The van der Waals surface area contributed by atoms with Gasteiger partial charge in [-0.1, -0.05) is 19.9 Å². The minimum absolute atomic E-state index is 0.711. The number of likely N-dealkylation sites (tertiary alicyclic amines) is 1. The average molecular weight is 291 g/mol. The van der Waals surface area contributed by atoms with Gasteiger partial charge in [0.2, 0.25) is 0 Å². The van der Waals surface area contributed by atoms with Crippen molar-refractivity contribution in [1.29, 1.82) is 0 Å². The van der Waals surface area contributed by atoms with E-state index in [0.29, 0.717) is 6.61 Å². The lowest BCUT2D eigenvalue weighted by molar-refractivity contribution is 0.198. The van der Waals surface area contributed by atoms with Gasteiger partial charge in [-0.15, -0.1) is 0 Å². The summed E-state index contributed by atoms with van der Waals surface area (Å²) < 4.78 is 5.68. The molecule has 1 saturated heterocycles. The predicted molar refractivity (Wildman–Crippen MR) is 90.0 cm³/mol. The third-order valence-corrected chi connectivity index (χ3v) is 4.26. The van der Waals surface area contributed by atoms with Crippen LogP contribution in [0.25, 0.3) is 0 Å². The largest absolute Gasteiger partial charge is 0.491 e. The van der Waals surface area contributed by atoms with Gasteiger partial charge in [-0.05, 0) is 56.9 Å². The Hall–Kier alpha value is -1.42. The summed E-state index contributed by atoms with van der Waals surface area (Å²) in [4.78, 5) is 2.52. The molecule has 0 amide bonds. The van der Waals surface area contributed by atoms with Gasteiger partial charge in [0.1, 0.15) is 5.75 Å². The second-order valence-electron chi connectivity index (χ2n) is 5.82. The minimum atomic E-state index is 0.711. The zero-order valence-corrected chi connectivity index (χ0v) is 13.4. The number of anilines is 2. The summed E-state index contributed by atoms with van der Waals surface area (Å²) in [5, 5.41) is 3.51. The van der Waals surface area contributed by atoms with Crippen LogP contribution in [0.2, 0.25) is 0 Å². The van der Waals surface area contributed by atoms with E-state index in [9.17, 15) is 0 Å². The maximum atomic E-state index is 6.19. The molecule has 0 spiro atoms. The number of benzene rings is 1. The first-order valence-electron chi connectivity index (χ1n) is 8.22. The molecule has 0 unspecified atom stereocenters. The van der Waals surface area contributed by atoms with Crippen molar-refractivity contribution in [2.45, 2.75) is 33.1 Å². The molecule has 1 aromatic rings. The van der Waals surface area contributed by atoms with Crippen LogP contribution in [0, 0.1) is 5.92 Å². The molecule has 4 nitrogen and oxygen atoms in total. The molecule has 0 bridgehead atoms. The van der Waals surface area contributed by atoms with E-state index in [2.05, 4.69) is 24.1 Å². The first kappa shape index (κ1) is 16.0. The zero-order chi connectivity index (χ0) is 15.1. The van der Waals surface area contributed by atoms with Crippen LogP contribution < -0.4 is 15.8 Å². The molecule has 0 saturated carbocycles. The number of para-hydroxylation sites is 1. The van der Waals surface area contributed by atoms with Crippen LogP contribution in [-0.2, 0) is 0 Å². The first-order valence-corrected chi connectivity index (χ1v) is 8.22. The van der Waals surface area contributed by atoms with E-state index in [1.807, 2.05) is 18.2 Å². The zero-order valence-electron chi connectivity index (χ0n) is 13.4. The summed E-state index contributed by atoms with van der Waals surface area (Å²) in [7, 11) is 0. The van der Waals surface area contributed by atoms with Crippen molar-refractivity contribution in [3.05, 3.63) is 18.2 Å². The third kappa shape index (κ3) is 4.53. The Kier molecular flexibility index (Phi) is 6.18. The maximum absolute atomic E-state index is 6.19. The van der Waals surface area contributed by atoms with E-state index in [1.165, 1.54) is 32.5 Å². The van der Waals surface area contributed by atoms with Gasteiger partial charge in [-0.2, -0.15) is 0 Å². The fraction of sp³-hybridized carbons (Fsp3) is 0.647. The Bertz CT molecular complexity index is 428. The number of nitrogen functional groups attached to an aromatic ring is 1. The Morgan fingerprint density at radius 2 is 2.05 bits per heavy atom. The summed E-state index contributed by atoms with van der Waals surface area (Å²) in [6.07, 6.45) is 3.53. The van der Waals surface area contributed by atoms with Gasteiger partial charge < -0.3 is 20.7 Å². The Balaban J connectivity index is 1.85. The normalized spacial score (nSPS) is 16.9. The number of ether oxygens (including phenoxy) is 1. The molecule has 0 aromatic heterocycles. The van der Waals surface area contributed by atoms with Crippen LogP contribution in [0.1, 0.15) is 33.1 Å². The van der Waals surface area contributed by atoms with Gasteiger partial charge in [0, 0.05) is 6.54 Å². The first-order chi connectivity index (χ1) is 10.2. The SMILES string of the molecule is CCCOc1cccc(NCC2CCN(CC)CC2)c1N. The number of nitrogens with zero attached hydrogens (tertiary/aromatic N) is 1. The Labute approximate surface area is 128 Å². The summed E-state index contributed by atoms with van der Waals surface area (Å²) in [5.74, 6) is 1.54. The molecule has 1 aliphatic heterocycles. The highest BCUT2D eigenvalue weighted by Crippen LogP contribution is 2.30. The fourth-order valence-corrected chi connectivity index (χ4v) is 2.80. The summed E-state index contributed by atoms with van der Waals surface area (Å²) >= 11 is 0. The molecule has 118 valence electrons. The van der Waals surface area contributed by atoms with Crippen molar-refractivity contribution < 1.29 is 4.74 Å². The number of nitrogens with two attached hydrogens (primary N) is 1. The number of nitrogens with one attached hydrogen (secondary N) is 1. The van der Waals surface area contributed by atoms with Crippen LogP contribution in [-0.4, -0.2) is 37.7 Å². The molecule has 3 N–H and O–H groups in total. The topological polar surface area (TPSA) is 50.5 Å². The van der Waals surface area contributed by atoms with Gasteiger partial charge in [-0.3, -0.25) is 0 Å². The predicted octanol–water partition coefficient (Wildman–Crippen LogP) is 3.20. The van der Waals surface area contributed by atoms with E-state index in [1.54, 1.807) is 0 Å². The van der Waals surface area contributed by atoms with E-state index < -0.39 is 0 Å². The summed E-state index contributed by atoms with van der Waals surface area (Å²) in [6.45, 7) is 9.66. The highest BCUT2D eigenvalue weighted by atomic mass is 16.5. The highest BCUT2D eigenvalue weighted by Gasteiger charge is 2.18. The number of hydrogen-bond donors (Lipinski definition) is 2. The third-order valence-electron chi connectivity index (χ3n) is 4.26. The fourth-order valence-electron chi connectivity index (χ4n) is 2.80. The second-order valence-corrected chi connectivity index (χ2v) is 5.82. The van der Waals surface area contributed by atoms with Crippen molar-refractivity contribution in [2.24, 2.45) is 5.92 Å². The standard InChI is InChI=1S/C17H29N3O/c1-3-12-21-16-7-5-6-15(17(16)18)19-13-14-8-10-20(4-2)11-9-14/h5-7,14,19H,3-4,8-13,18H2,1-2H3. The molecule has 1 heterocycles. The lowest BCUT2D eigenvalue weighted by Crippen LogP contribution is -2.35. The Morgan fingerprint density at radius 1 is 1.29 bits per heavy atom. The molecule has 4 heteroatoms. The number of piperidine rings is 1.